The molecule has 0 radical (unpaired) electrons. The molecule has 0 aliphatic carbocycles. The van der Waals surface area contributed by atoms with Crippen LogP contribution in [0.1, 0.15) is 20.3 Å². The topological polar surface area (TPSA) is 60.9 Å². The lowest BCUT2D eigenvalue weighted by Crippen LogP contribution is -2.50. The fraction of sp³-hybridized carbons (Fsp3) is 0.471. The number of amides is 3. The van der Waals surface area contributed by atoms with Crippen LogP contribution in [0, 0.1) is 0 Å². The van der Waals surface area contributed by atoms with Crippen LogP contribution in [0.15, 0.2) is 30.3 Å². The highest BCUT2D eigenvalue weighted by Gasteiger charge is 2.23. The maximum Gasteiger partial charge on any atom is 0.224 e. The number of carbonyl (C=O) groups excluding carboxylic acids is 3. The van der Waals surface area contributed by atoms with Gasteiger partial charge in [-0.1, -0.05) is 18.2 Å². The molecular formula is C17H23N3O3. The van der Waals surface area contributed by atoms with E-state index in [-0.39, 0.29) is 24.1 Å². The van der Waals surface area contributed by atoms with Gasteiger partial charge in [-0.15, -0.1) is 0 Å². The zero-order valence-electron chi connectivity index (χ0n) is 13.7. The lowest BCUT2D eigenvalue weighted by atomic mass is 10.2. The third kappa shape index (κ3) is 4.55. The van der Waals surface area contributed by atoms with E-state index in [0.717, 1.165) is 5.69 Å². The smallest absolute Gasteiger partial charge is 0.224 e. The van der Waals surface area contributed by atoms with Crippen molar-refractivity contribution in [2.75, 3.05) is 37.6 Å². The second kappa shape index (κ2) is 7.76. The van der Waals surface area contributed by atoms with E-state index in [0.29, 0.717) is 32.7 Å². The molecule has 0 spiro atoms. The van der Waals surface area contributed by atoms with Gasteiger partial charge in [0.25, 0.3) is 0 Å². The van der Waals surface area contributed by atoms with Crippen molar-refractivity contribution in [1.82, 2.24) is 9.80 Å². The molecule has 0 atom stereocenters. The number of hydrogen-bond acceptors (Lipinski definition) is 3. The molecular weight excluding hydrogens is 294 g/mol. The third-order valence-electron chi connectivity index (χ3n) is 4.07. The normalized spacial score (nSPS) is 14.5. The first kappa shape index (κ1) is 17.0. The molecule has 0 bridgehead atoms. The van der Waals surface area contributed by atoms with Gasteiger partial charge in [0.05, 0.1) is 0 Å². The SMILES string of the molecule is CC(=O)N1CCN(C(=O)CCN(C(C)=O)c2ccccc2)CC1. The number of hydrogen-bond donors (Lipinski definition) is 0. The van der Waals surface area contributed by atoms with Gasteiger partial charge in [-0.25, -0.2) is 0 Å². The predicted octanol–water partition coefficient (Wildman–Crippen LogP) is 1.12. The largest absolute Gasteiger partial charge is 0.339 e. The Morgan fingerprint density at radius 2 is 1.52 bits per heavy atom. The molecule has 0 N–H and O–H groups in total. The first-order valence-corrected chi connectivity index (χ1v) is 7.85. The first-order valence-electron chi connectivity index (χ1n) is 7.85. The number of anilines is 1. The fourth-order valence-corrected chi connectivity index (χ4v) is 2.71. The molecule has 6 nitrogen and oxygen atoms in total. The van der Waals surface area contributed by atoms with Gasteiger partial charge in [-0.05, 0) is 12.1 Å². The summed E-state index contributed by atoms with van der Waals surface area (Å²) >= 11 is 0. The standard InChI is InChI=1S/C17H23N3O3/c1-14(21)18-10-12-19(13-11-18)17(23)8-9-20(15(2)22)16-6-4-3-5-7-16/h3-7H,8-13H2,1-2H3. The van der Waals surface area contributed by atoms with Gasteiger partial charge < -0.3 is 14.7 Å². The van der Waals surface area contributed by atoms with Crippen molar-refractivity contribution in [3.63, 3.8) is 0 Å². The van der Waals surface area contributed by atoms with Crippen LogP contribution >= 0.6 is 0 Å². The fourth-order valence-electron chi connectivity index (χ4n) is 2.71. The number of nitrogens with zero attached hydrogens (tertiary/aromatic N) is 3. The van der Waals surface area contributed by atoms with Crippen LogP contribution in [0.3, 0.4) is 0 Å². The van der Waals surface area contributed by atoms with Crippen molar-refractivity contribution in [1.29, 1.82) is 0 Å². The molecule has 0 saturated carbocycles. The Hall–Kier alpha value is -2.37. The zero-order chi connectivity index (χ0) is 16.8. The van der Waals surface area contributed by atoms with Crippen molar-refractivity contribution in [3.05, 3.63) is 30.3 Å². The van der Waals surface area contributed by atoms with E-state index >= 15 is 0 Å². The van der Waals surface area contributed by atoms with Crippen molar-refractivity contribution in [2.24, 2.45) is 0 Å². The van der Waals surface area contributed by atoms with E-state index in [1.54, 1.807) is 21.6 Å². The lowest BCUT2D eigenvalue weighted by molar-refractivity contribution is -0.138. The highest BCUT2D eigenvalue weighted by atomic mass is 16.2. The van der Waals surface area contributed by atoms with E-state index < -0.39 is 0 Å². The van der Waals surface area contributed by atoms with E-state index in [4.69, 9.17) is 0 Å². The molecule has 1 aliphatic heterocycles. The van der Waals surface area contributed by atoms with Crippen molar-refractivity contribution >= 4 is 23.4 Å². The Bertz CT molecular complexity index is 566. The lowest BCUT2D eigenvalue weighted by Gasteiger charge is -2.34. The quantitative estimate of drug-likeness (QED) is 0.836. The predicted molar refractivity (Wildman–Crippen MR) is 87.9 cm³/mol. The molecule has 6 heteroatoms. The zero-order valence-corrected chi connectivity index (χ0v) is 13.7. The summed E-state index contributed by atoms with van der Waals surface area (Å²) in [6.07, 6.45) is 0.286. The van der Waals surface area contributed by atoms with E-state index in [2.05, 4.69) is 0 Å². The Morgan fingerprint density at radius 3 is 2.04 bits per heavy atom. The highest BCUT2D eigenvalue weighted by Crippen LogP contribution is 2.14. The monoisotopic (exact) mass is 317 g/mol. The minimum Gasteiger partial charge on any atom is -0.339 e. The summed E-state index contributed by atoms with van der Waals surface area (Å²) in [7, 11) is 0. The molecule has 23 heavy (non-hydrogen) atoms. The maximum atomic E-state index is 12.3. The van der Waals surface area contributed by atoms with Gasteiger partial charge in [0.2, 0.25) is 17.7 Å². The first-order chi connectivity index (χ1) is 11.0. The van der Waals surface area contributed by atoms with Gasteiger partial charge in [0.15, 0.2) is 0 Å². The number of benzene rings is 1. The average Bonchev–Trinajstić information content (AvgIpc) is 2.55. The van der Waals surface area contributed by atoms with Gasteiger partial charge >= 0.3 is 0 Å². The molecule has 1 fully saturated rings. The van der Waals surface area contributed by atoms with Crippen LogP contribution in [-0.4, -0.2) is 60.2 Å². The average molecular weight is 317 g/mol. The molecule has 1 aromatic carbocycles. The van der Waals surface area contributed by atoms with Gasteiger partial charge in [-0.2, -0.15) is 0 Å². The summed E-state index contributed by atoms with van der Waals surface area (Å²) in [5, 5.41) is 0. The maximum absolute atomic E-state index is 12.3. The molecule has 3 amide bonds. The van der Waals surface area contributed by atoms with Gasteiger partial charge in [-0.3, -0.25) is 14.4 Å². The van der Waals surface area contributed by atoms with Crippen molar-refractivity contribution in [2.45, 2.75) is 20.3 Å². The molecule has 2 rings (SSSR count). The van der Waals surface area contributed by atoms with Gasteiger partial charge in [0, 0.05) is 58.7 Å². The van der Waals surface area contributed by atoms with E-state index in [1.165, 1.54) is 6.92 Å². The van der Waals surface area contributed by atoms with Crippen LogP contribution in [-0.2, 0) is 14.4 Å². The second-order valence-electron chi connectivity index (χ2n) is 5.64. The number of para-hydroxylation sites is 1. The minimum atomic E-state index is -0.0783. The number of piperazine rings is 1. The molecule has 1 aromatic rings. The Balaban J connectivity index is 1.88. The third-order valence-corrected chi connectivity index (χ3v) is 4.07. The van der Waals surface area contributed by atoms with Crippen molar-refractivity contribution < 1.29 is 14.4 Å². The van der Waals surface area contributed by atoms with Crippen LogP contribution < -0.4 is 4.90 Å². The van der Waals surface area contributed by atoms with Gasteiger partial charge in [0.1, 0.15) is 0 Å². The Kier molecular flexibility index (Phi) is 5.73. The molecule has 0 aromatic heterocycles. The van der Waals surface area contributed by atoms with E-state index in [1.807, 2.05) is 30.3 Å². The Morgan fingerprint density at radius 1 is 0.957 bits per heavy atom. The summed E-state index contributed by atoms with van der Waals surface area (Å²) in [6.45, 7) is 5.69. The molecule has 1 heterocycles. The summed E-state index contributed by atoms with van der Waals surface area (Å²) < 4.78 is 0. The van der Waals surface area contributed by atoms with Crippen LogP contribution in [0.4, 0.5) is 5.69 Å². The van der Waals surface area contributed by atoms with Crippen LogP contribution in [0.2, 0.25) is 0 Å². The summed E-state index contributed by atoms with van der Waals surface area (Å²) in [5.41, 5.74) is 0.800. The second-order valence-corrected chi connectivity index (χ2v) is 5.64. The summed E-state index contributed by atoms with van der Waals surface area (Å²) in [6, 6.07) is 9.35. The van der Waals surface area contributed by atoms with E-state index in [9.17, 15) is 14.4 Å². The minimum absolute atomic E-state index is 0.0235. The number of carbonyl (C=O) groups is 3. The molecule has 0 unspecified atom stereocenters. The molecule has 1 aliphatic rings. The Labute approximate surface area is 136 Å². The van der Waals surface area contributed by atoms with Crippen LogP contribution in [0.25, 0.3) is 0 Å². The van der Waals surface area contributed by atoms with Crippen molar-refractivity contribution in [3.8, 4) is 0 Å². The van der Waals surface area contributed by atoms with Crippen LogP contribution in [0.5, 0.6) is 0 Å². The molecule has 1 saturated heterocycles. The molecule has 124 valence electrons. The number of rotatable bonds is 4. The summed E-state index contributed by atoms with van der Waals surface area (Å²) in [4.78, 5) is 40.6. The highest BCUT2D eigenvalue weighted by molar-refractivity contribution is 5.92. The summed E-state index contributed by atoms with van der Waals surface area (Å²) in [5.74, 6) is -0.00952.